The van der Waals surface area contributed by atoms with Crippen LogP contribution in [0, 0.1) is 0 Å². The number of nitrogens with zero attached hydrogens (tertiary/aromatic N) is 1. The Bertz CT molecular complexity index is 287. The molecule has 0 saturated carbocycles. The van der Waals surface area contributed by atoms with Gasteiger partial charge in [0.1, 0.15) is 5.25 Å². The van der Waals surface area contributed by atoms with Gasteiger partial charge in [0.2, 0.25) is 5.91 Å². The number of rotatable bonds is 5. The van der Waals surface area contributed by atoms with Crippen molar-refractivity contribution in [2.75, 3.05) is 25.9 Å². The van der Waals surface area contributed by atoms with E-state index in [1.54, 1.807) is 6.92 Å². The summed E-state index contributed by atoms with van der Waals surface area (Å²) >= 11 is 0. The lowest BCUT2D eigenvalue weighted by atomic mass is 10.3. The Labute approximate surface area is 85.2 Å². The molecular formula is C8H18N2O3S. The van der Waals surface area contributed by atoms with Gasteiger partial charge >= 0.3 is 0 Å². The van der Waals surface area contributed by atoms with Gasteiger partial charge in [-0.2, -0.15) is 0 Å². The third kappa shape index (κ3) is 3.63. The molecule has 1 unspecified atom stereocenters. The predicted molar refractivity (Wildman–Crippen MR) is 55.6 cm³/mol. The molecule has 0 radical (unpaired) electrons. The van der Waals surface area contributed by atoms with Gasteiger partial charge in [-0.1, -0.05) is 0 Å². The van der Waals surface area contributed by atoms with Crippen LogP contribution in [0.2, 0.25) is 0 Å². The largest absolute Gasteiger partial charge is 0.341 e. The van der Waals surface area contributed by atoms with Crippen LogP contribution in [0.4, 0.5) is 0 Å². The number of likely N-dealkylation sites (N-methyl/N-ethyl adjacent to an activating group) is 1. The second kappa shape index (κ2) is 5.31. The third-order valence-electron chi connectivity index (χ3n) is 2.08. The smallest absolute Gasteiger partial charge is 0.240 e. The van der Waals surface area contributed by atoms with Crippen molar-refractivity contribution in [3.8, 4) is 0 Å². The number of amides is 1. The standard InChI is InChI=1S/C8H18N2O3S/c1-4-10(6-5-9)8(11)7(2)14(3,12)13/h7H,4-6,9H2,1-3H3. The first-order valence-corrected chi connectivity index (χ1v) is 6.47. The zero-order chi connectivity index (χ0) is 11.4. The normalized spacial score (nSPS) is 13.7. The topological polar surface area (TPSA) is 80.5 Å². The number of hydrogen-bond acceptors (Lipinski definition) is 4. The molecule has 2 N–H and O–H groups in total. The Hall–Kier alpha value is -0.620. The number of nitrogens with two attached hydrogens (primary N) is 1. The van der Waals surface area contributed by atoms with Crippen molar-refractivity contribution in [2.24, 2.45) is 5.73 Å². The summed E-state index contributed by atoms with van der Waals surface area (Å²) < 4.78 is 22.2. The molecule has 1 amide bonds. The summed E-state index contributed by atoms with van der Waals surface area (Å²) in [5.41, 5.74) is 5.31. The Morgan fingerprint density at radius 3 is 2.29 bits per heavy atom. The summed E-state index contributed by atoms with van der Waals surface area (Å²) in [6.07, 6.45) is 1.06. The summed E-state index contributed by atoms with van der Waals surface area (Å²) in [5.74, 6) is -0.375. The van der Waals surface area contributed by atoms with Gasteiger partial charge < -0.3 is 10.6 Å². The molecule has 0 bridgehead atoms. The first-order valence-electron chi connectivity index (χ1n) is 4.52. The van der Waals surface area contributed by atoms with Gasteiger partial charge in [0, 0.05) is 25.9 Å². The molecule has 0 aliphatic heterocycles. The van der Waals surface area contributed by atoms with Gasteiger partial charge in [-0.05, 0) is 13.8 Å². The van der Waals surface area contributed by atoms with E-state index >= 15 is 0 Å². The number of sulfone groups is 1. The lowest BCUT2D eigenvalue weighted by Gasteiger charge is -2.22. The monoisotopic (exact) mass is 222 g/mol. The molecule has 5 nitrogen and oxygen atoms in total. The molecule has 0 aliphatic rings. The van der Waals surface area contributed by atoms with E-state index in [9.17, 15) is 13.2 Å². The fourth-order valence-corrected chi connectivity index (χ4v) is 1.54. The first-order chi connectivity index (χ1) is 6.34. The second-order valence-electron chi connectivity index (χ2n) is 3.18. The quantitative estimate of drug-likeness (QED) is 0.662. The van der Waals surface area contributed by atoms with E-state index < -0.39 is 15.1 Å². The summed E-state index contributed by atoms with van der Waals surface area (Å²) in [7, 11) is -3.31. The predicted octanol–water partition coefficient (Wildman–Crippen LogP) is -0.773. The maximum Gasteiger partial charge on any atom is 0.240 e. The van der Waals surface area contributed by atoms with E-state index in [2.05, 4.69) is 0 Å². The fraction of sp³-hybridized carbons (Fsp3) is 0.875. The van der Waals surface area contributed by atoms with Gasteiger partial charge in [-0.15, -0.1) is 0 Å². The van der Waals surface area contributed by atoms with Crippen molar-refractivity contribution in [2.45, 2.75) is 19.1 Å². The van der Waals surface area contributed by atoms with Crippen LogP contribution in [0.5, 0.6) is 0 Å². The molecule has 0 aromatic heterocycles. The average molecular weight is 222 g/mol. The van der Waals surface area contributed by atoms with Crippen molar-refractivity contribution in [3.63, 3.8) is 0 Å². The summed E-state index contributed by atoms with van der Waals surface area (Å²) in [6, 6.07) is 0. The van der Waals surface area contributed by atoms with Crippen LogP contribution in [0.15, 0.2) is 0 Å². The number of carbonyl (C=O) groups is 1. The Balaban J connectivity index is 4.59. The molecule has 0 aromatic rings. The van der Waals surface area contributed by atoms with E-state index in [1.165, 1.54) is 11.8 Å². The molecule has 0 spiro atoms. The number of hydrogen-bond donors (Lipinski definition) is 1. The first kappa shape index (κ1) is 13.4. The molecule has 0 saturated heterocycles. The van der Waals surface area contributed by atoms with Crippen LogP contribution in [0.25, 0.3) is 0 Å². The molecular weight excluding hydrogens is 204 g/mol. The SMILES string of the molecule is CCN(CCN)C(=O)C(C)S(C)(=O)=O. The Kier molecular flexibility index (Phi) is 5.07. The lowest BCUT2D eigenvalue weighted by molar-refractivity contribution is -0.130. The van der Waals surface area contributed by atoms with E-state index in [1.807, 2.05) is 0 Å². The van der Waals surface area contributed by atoms with Gasteiger partial charge in [-0.25, -0.2) is 8.42 Å². The molecule has 0 aromatic carbocycles. The van der Waals surface area contributed by atoms with E-state index in [0.29, 0.717) is 19.6 Å². The van der Waals surface area contributed by atoms with Crippen molar-refractivity contribution in [1.82, 2.24) is 4.90 Å². The van der Waals surface area contributed by atoms with Crippen molar-refractivity contribution in [3.05, 3.63) is 0 Å². The molecule has 0 fully saturated rings. The van der Waals surface area contributed by atoms with Crippen LogP contribution in [0.1, 0.15) is 13.8 Å². The van der Waals surface area contributed by atoms with Crippen molar-refractivity contribution in [1.29, 1.82) is 0 Å². The van der Waals surface area contributed by atoms with Crippen LogP contribution in [0.3, 0.4) is 0 Å². The van der Waals surface area contributed by atoms with Gasteiger partial charge in [0.05, 0.1) is 0 Å². The summed E-state index contributed by atoms with van der Waals surface area (Å²) in [4.78, 5) is 13.1. The minimum Gasteiger partial charge on any atom is -0.341 e. The van der Waals surface area contributed by atoms with Crippen molar-refractivity contribution < 1.29 is 13.2 Å². The van der Waals surface area contributed by atoms with E-state index in [-0.39, 0.29) is 5.91 Å². The van der Waals surface area contributed by atoms with Crippen LogP contribution < -0.4 is 5.73 Å². The van der Waals surface area contributed by atoms with E-state index in [4.69, 9.17) is 5.73 Å². The second-order valence-corrected chi connectivity index (χ2v) is 5.54. The molecule has 0 heterocycles. The lowest BCUT2D eigenvalue weighted by Crippen LogP contribution is -2.43. The molecule has 1 atom stereocenters. The highest BCUT2D eigenvalue weighted by Crippen LogP contribution is 2.03. The van der Waals surface area contributed by atoms with Crippen LogP contribution >= 0.6 is 0 Å². The third-order valence-corrected chi connectivity index (χ3v) is 3.57. The van der Waals surface area contributed by atoms with Gasteiger partial charge in [0.25, 0.3) is 0 Å². The maximum atomic E-state index is 11.6. The minimum atomic E-state index is -3.31. The molecule has 0 rings (SSSR count). The number of carbonyl (C=O) groups excluding carboxylic acids is 1. The highest BCUT2D eigenvalue weighted by atomic mass is 32.2. The molecule has 6 heteroatoms. The molecule has 84 valence electrons. The van der Waals surface area contributed by atoms with Gasteiger partial charge in [-0.3, -0.25) is 4.79 Å². The van der Waals surface area contributed by atoms with E-state index in [0.717, 1.165) is 6.26 Å². The van der Waals surface area contributed by atoms with Gasteiger partial charge in [0.15, 0.2) is 9.84 Å². The Morgan fingerprint density at radius 1 is 1.50 bits per heavy atom. The molecule has 0 aliphatic carbocycles. The summed E-state index contributed by atoms with van der Waals surface area (Å²) in [6.45, 7) is 4.42. The zero-order valence-electron chi connectivity index (χ0n) is 8.86. The fourth-order valence-electron chi connectivity index (χ4n) is 1.02. The average Bonchev–Trinajstić information content (AvgIpc) is 2.10. The maximum absolute atomic E-state index is 11.6. The van der Waals surface area contributed by atoms with Crippen molar-refractivity contribution >= 4 is 15.7 Å². The van der Waals surface area contributed by atoms with Crippen LogP contribution in [-0.2, 0) is 14.6 Å². The highest BCUT2D eigenvalue weighted by molar-refractivity contribution is 7.92. The minimum absolute atomic E-state index is 0.343. The summed E-state index contributed by atoms with van der Waals surface area (Å²) in [5, 5.41) is -0.978. The zero-order valence-corrected chi connectivity index (χ0v) is 9.67. The Morgan fingerprint density at radius 2 is 2.00 bits per heavy atom. The molecule has 14 heavy (non-hydrogen) atoms. The van der Waals surface area contributed by atoms with Crippen LogP contribution in [-0.4, -0.2) is 50.4 Å². The highest BCUT2D eigenvalue weighted by Gasteiger charge is 2.26.